The Morgan fingerprint density at radius 3 is 2.52 bits per heavy atom. The van der Waals surface area contributed by atoms with Crippen LogP contribution < -0.4 is 14.4 Å². The van der Waals surface area contributed by atoms with Crippen LogP contribution >= 0.6 is 11.6 Å². The molecule has 0 amide bonds. The van der Waals surface area contributed by atoms with E-state index in [1.807, 2.05) is 18.2 Å². The van der Waals surface area contributed by atoms with Crippen LogP contribution in [0.15, 0.2) is 41.4 Å². The molecule has 0 radical (unpaired) electrons. The molecule has 0 N–H and O–H groups in total. The molecule has 2 aromatic rings. The number of halogens is 1. The Labute approximate surface area is 163 Å². The van der Waals surface area contributed by atoms with Crippen molar-refractivity contribution in [1.82, 2.24) is 9.29 Å². The molecule has 1 saturated heterocycles. The Morgan fingerprint density at radius 2 is 1.78 bits per heavy atom. The number of nitrogens with zero attached hydrogens (tertiary/aromatic N) is 3. The summed E-state index contributed by atoms with van der Waals surface area (Å²) in [4.78, 5) is 6.51. The van der Waals surface area contributed by atoms with Crippen LogP contribution in [0.5, 0.6) is 11.5 Å². The fourth-order valence-corrected chi connectivity index (χ4v) is 5.26. The third-order valence-corrected chi connectivity index (χ3v) is 7.01. The first-order valence-corrected chi connectivity index (χ1v) is 10.6. The second-order valence-corrected chi connectivity index (χ2v) is 8.67. The van der Waals surface area contributed by atoms with Gasteiger partial charge >= 0.3 is 0 Å². The summed E-state index contributed by atoms with van der Waals surface area (Å²) < 4.78 is 38.9. The average molecular weight is 410 g/mol. The van der Waals surface area contributed by atoms with Gasteiger partial charge in [-0.25, -0.2) is 13.4 Å². The first-order valence-electron chi connectivity index (χ1n) is 8.81. The van der Waals surface area contributed by atoms with Crippen molar-refractivity contribution < 1.29 is 17.9 Å². The Kier molecular flexibility index (Phi) is 5.12. The van der Waals surface area contributed by atoms with Gasteiger partial charge in [-0.15, -0.1) is 0 Å². The lowest BCUT2D eigenvalue weighted by Gasteiger charge is -2.24. The zero-order valence-electron chi connectivity index (χ0n) is 14.7. The van der Waals surface area contributed by atoms with Gasteiger partial charge in [0.15, 0.2) is 11.5 Å². The number of anilines is 1. The molecule has 144 valence electrons. The highest BCUT2D eigenvalue weighted by Gasteiger charge is 2.31. The Bertz CT molecular complexity index is 924. The number of ether oxygens (including phenoxy) is 2. The summed E-state index contributed by atoms with van der Waals surface area (Å²) in [5, 5.41) is 0.144. The van der Waals surface area contributed by atoms with Crippen LogP contribution in [0.25, 0.3) is 0 Å². The van der Waals surface area contributed by atoms with Gasteiger partial charge in [0.2, 0.25) is 10.0 Å². The average Bonchev–Trinajstić information content (AvgIpc) is 2.95. The zero-order valence-corrected chi connectivity index (χ0v) is 16.2. The molecular formula is C18H20ClN3O4S. The summed E-state index contributed by atoms with van der Waals surface area (Å²) in [6.07, 6.45) is 2.45. The molecule has 4 rings (SSSR count). The van der Waals surface area contributed by atoms with Gasteiger partial charge in [0.05, 0.1) is 5.02 Å². The summed E-state index contributed by atoms with van der Waals surface area (Å²) in [6.45, 7) is 2.91. The molecule has 0 bridgehead atoms. The summed E-state index contributed by atoms with van der Waals surface area (Å²) >= 11 is 6.27. The molecule has 2 aliphatic rings. The van der Waals surface area contributed by atoms with E-state index in [1.54, 1.807) is 6.20 Å². The van der Waals surface area contributed by atoms with Crippen LogP contribution in [0.2, 0.25) is 5.02 Å². The number of sulfonamides is 1. The first kappa shape index (κ1) is 18.3. The molecule has 9 heteroatoms. The largest absolute Gasteiger partial charge is 0.486 e. The van der Waals surface area contributed by atoms with Crippen molar-refractivity contribution in [3.05, 3.63) is 41.6 Å². The summed E-state index contributed by atoms with van der Waals surface area (Å²) in [5.41, 5.74) is 0. The fraction of sp³-hybridized carbons (Fsp3) is 0.389. The molecule has 7 nitrogen and oxygen atoms in total. The number of aromatic nitrogens is 1. The van der Waals surface area contributed by atoms with Crippen molar-refractivity contribution in [1.29, 1.82) is 0 Å². The predicted octanol–water partition coefficient (Wildman–Crippen LogP) is 2.41. The molecule has 1 fully saturated rings. The first-order chi connectivity index (χ1) is 13.1. The summed E-state index contributed by atoms with van der Waals surface area (Å²) in [6, 6.07) is 8.70. The third kappa shape index (κ3) is 3.69. The van der Waals surface area contributed by atoms with Gasteiger partial charge in [0.1, 0.15) is 23.9 Å². The highest BCUT2D eigenvalue weighted by molar-refractivity contribution is 7.89. The SMILES string of the molecule is O=S(=O)(c1cc2c(cc1Cl)OCCO2)N1CCCN(c2ccccn2)CC1. The summed E-state index contributed by atoms with van der Waals surface area (Å²) in [7, 11) is -3.74. The van der Waals surface area contributed by atoms with E-state index >= 15 is 0 Å². The molecule has 0 unspecified atom stereocenters. The maximum absolute atomic E-state index is 13.2. The van der Waals surface area contributed by atoms with Crippen molar-refractivity contribution in [2.75, 3.05) is 44.3 Å². The molecule has 1 aromatic carbocycles. The van der Waals surface area contributed by atoms with Crippen molar-refractivity contribution in [2.24, 2.45) is 0 Å². The van der Waals surface area contributed by atoms with E-state index in [0.29, 0.717) is 50.8 Å². The van der Waals surface area contributed by atoms with Crippen molar-refractivity contribution in [2.45, 2.75) is 11.3 Å². The minimum absolute atomic E-state index is 0.0553. The van der Waals surface area contributed by atoms with Crippen molar-refractivity contribution in [3.63, 3.8) is 0 Å². The highest BCUT2D eigenvalue weighted by Crippen LogP contribution is 2.38. The Balaban J connectivity index is 1.57. The minimum Gasteiger partial charge on any atom is -0.486 e. The standard InChI is InChI=1S/C18H20ClN3O4S/c19-14-12-15-16(26-11-10-25-15)13-17(14)27(23,24)22-7-3-6-21(8-9-22)18-4-1-2-5-20-18/h1-2,4-5,12-13H,3,6-11H2. The second kappa shape index (κ2) is 7.53. The molecule has 0 saturated carbocycles. The van der Waals surface area contributed by atoms with Gasteiger partial charge in [-0.2, -0.15) is 4.31 Å². The van der Waals surface area contributed by atoms with Gasteiger partial charge in [0, 0.05) is 44.5 Å². The van der Waals surface area contributed by atoms with Gasteiger partial charge in [-0.05, 0) is 18.6 Å². The molecule has 1 aromatic heterocycles. The van der Waals surface area contributed by atoms with Gasteiger partial charge in [0.25, 0.3) is 0 Å². The van der Waals surface area contributed by atoms with Crippen molar-refractivity contribution in [3.8, 4) is 11.5 Å². The minimum atomic E-state index is -3.74. The van der Waals surface area contributed by atoms with Crippen molar-refractivity contribution >= 4 is 27.4 Å². The van der Waals surface area contributed by atoms with E-state index in [1.165, 1.54) is 16.4 Å². The number of hydrogen-bond donors (Lipinski definition) is 0. The molecule has 0 atom stereocenters. The number of benzene rings is 1. The van der Waals surface area contributed by atoms with E-state index in [-0.39, 0.29) is 9.92 Å². The van der Waals surface area contributed by atoms with E-state index in [4.69, 9.17) is 21.1 Å². The fourth-order valence-electron chi connectivity index (χ4n) is 3.29. The van der Waals surface area contributed by atoms with E-state index in [9.17, 15) is 8.42 Å². The molecule has 3 heterocycles. The zero-order chi connectivity index (χ0) is 18.9. The lowest BCUT2D eigenvalue weighted by molar-refractivity contribution is 0.171. The number of hydrogen-bond acceptors (Lipinski definition) is 6. The molecular weight excluding hydrogens is 390 g/mol. The molecule has 27 heavy (non-hydrogen) atoms. The number of rotatable bonds is 3. The lowest BCUT2D eigenvalue weighted by Crippen LogP contribution is -2.35. The van der Waals surface area contributed by atoms with Crippen LogP contribution in [-0.2, 0) is 10.0 Å². The number of pyridine rings is 1. The smallest absolute Gasteiger partial charge is 0.244 e. The van der Waals surface area contributed by atoms with E-state index in [2.05, 4.69) is 9.88 Å². The highest BCUT2D eigenvalue weighted by atomic mass is 35.5. The Morgan fingerprint density at radius 1 is 1.00 bits per heavy atom. The van der Waals surface area contributed by atoms with Gasteiger partial charge in [-0.3, -0.25) is 0 Å². The van der Waals surface area contributed by atoms with Crippen LogP contribution in [0, 0.1) is 0 Å². The van der Waals surface area contributed by atoms with E-state index < -0.39 is 10.0 Å². The van der Waals surface area contributed by atoms with Gasteiger partial charge in [-0.1, -0.05) is 17.7 Å². The number of fused-ring (bicyclic) bond motifs is 1. The normalized spacial score (nSPS) is 18.2. The predicted molar refractivity (Wildman–Crippen MR) is 102 cm³/mol. The third-order valence-electron chi connectivity index (χ3n) is 4.64. The lowest BCUT2D eigenvalue weighted by atomic mass is 10.3. The van der Waals surface area contributed by atoms with E-state index in [0.717, 1.165) is 12.4 Å². The molecule has 0 aliphatic carbocycles. The topological polar surface area (TPSA) is 72.0 Å². The Hall–Kier alpha value is -2.03. The van der Waals surface area contributed by atoms with Crippen LogP contribution in [0.1, 0.15) is 6.42 Å². The maximum atomic E-state index is 13.2. The molecule has 2 aliphatic heterocycles. The van der Waals surface area contributed by atoms with Crippen LogP contribution in [-0.4, -0.2) is 57.1 Å². The van der Waals surface area contributed by atoms with Gasteiger partial charge < -0.3 is 14.4 Å². The second-order valence-electron chi connectivity index (χ2n) is 6.36. The quantitative estimate of drug-likeness (QED) is 0.775. The monoisotopic (exact) mass is 409 g/mol. The summed E-state index contributed by atoms with van der Waals surface area (Å²) in [5.74, 6) is 1.74. The van der Waals surface area contributed by atoms with Crippen LogP contribution in [0.4, 0.5) is 5.82 Å². The molecule has 0 spiro atoms. The maximum Gasteiger partial charge on any atom is 0.244 e. The van der Waals surface area contributed by atoms with Crippen LogP contribution in [0.3, 0.4) is 0 Å².